The first-order valence-corrected chi connectivity index (χ1v) is 4.24. The second kappa shape index (κ2) is 2.26. The van der Waals surface area contributed by atoms with Crippen LogP contribution in [0.3, 0.4) is 0 Å². The molecule has 0 saturated heterocycles. The maximum absolute atomic E-state index is 11.3. The summed E-state index contributed by atoms with van der Waals surface area (Å²) in [6.07, 6.45) is 0. The molecule has 3 heteroatoms. The molecular formula is C11H6O3. The monoisotopic (exact) mass is 186 g/mol. The zero-order valence-corrected chi connectivity index (χ0v) is 7.15. The average molecular weight is 186 g/mol. The van der Waals surface area contributed by atoms with Crippen molar-refractivity contribution in [1.29, 1.82) is 0 Å². The zero-order valence-electron chi connectivity index (χ0n) is 7.15. The molecule has 3 nitrogen and oxygen atoms in total. The van der Waals surface area contributed by atoms with Crippen molar-refractivity contribution in [3.05, 3.63) is 40.6 Å². The number of aromatic hydroxyl groups is 1. The van der Waals surface area contributed by atoms with Crippen LogP contribution < -0.4 is 10.2 Å². The average Bonchev–Trinajstić information content (AvgIpc) is 2.96. The number of rotatable bonds is 0. The van der Waals surface area contributed by atoms with Gasteiger partial charge in [-0.15, -0.1) is 0 Å². The highest BCUT2D eigenvalue weighted by atomic mass is 16.6. The number of hydrogen-bond donors (Lipinski definition) is 1. The van der Waals surface area contributed by atoms with Gasteiger partial charge < -0.3 is 9.84 Å². The Labute approximate surface area is 79.2 Å². The summed E-state index contributed by atoms with van der Waals surface area (Å²) in [5.74, 6) is 0.939. The summed E-state index contributed by atoms with van der Waals surface area (Å²) in [6.45, 7) is 0. The van der Waals surface area contributed by atoms with Crippen molar-refractivity contribution in [1.82, 2.24) is 0 Å². The summed E-state index contributed by atoms with van der Waals surface area (Å²) in [7, 11) is 0. The molecule has 3 rings (SSSR count). The molecule has 14 heavy (non-hydrogen) atoms. The molecule has 0 bridgehead atoms. The van der Waals surface area contributed by atoms with Crippen LogP contribution in [0.4, 0.5) is 0 Å². The summed E-state index contributed by atoms with van der Waals surface area (Å²) >= 11 is 0. The van der Waals surface area contributed by atoms with Gasteiger partial charge in [-0.2, -0.15) is 0 Å². The lowest BCUT2D eigenvalue weighted by Gasteiger charge is -1.93. The Kier molecular flexibility index (Phi) is 1.19. The fraction of sp³-hybridized carbons (Fsp3) is 0. The first-order valence-electron chi connectivity index (χ1n) is 4.24. The number of benzene rings is 1. The van der Waals surface area contributed by atoms with Gasteiger partial charge in [0.05, 0.1) is 0 Å². The smallest absolute Gasteiger partial charge is 0.228 e. The van der Waals surface area contributed by atoms with Crippen LogP contribution in [0, 0.1) is 0 Å². The van der Waals surface area contributed by atoms with Crippen LogP contribution in [0.5, 0.6) is 17.2 Å². The minimum atomic E-state index is -0.270. The van der Waals surface area contributed by atoms with Gasteiger partial charge in [0.1, 0.15) is 5.75 Å². The Morgan fingerprint density at radius 1 is 1.07 bits per heavy atom. The van der Waals surface area contributed by atoms with Crippen molar-refractivity contribution in [3.63, 3.8) is 0 Å². The standard InChI is InChI=1S/C11H6O3/c12-8-5-9(13)11-10(14-11)7-4-2-1-3-6(7)8/h1-5,12H. The Bertz CT molecular complexity index is 577. The highest BCUT2D eigenvalue weighted by molar-refractivity contribution is 5.96. The van der Waals surface area contributed by atoms with E-state index in [-0.39, 0.29) is 11.2 Å². The van der Waals surface area contributed by atoms with Crippen molar-refractivity contribution in [2.75, 3.05) is 0 Å². The molecular weight excluding hydrogens is 180 g/mol. The molecule has 0 amide bonds. The third-order valence-electron chi connectivity index (χ3n) is 2.31. The van der Waals surface area contributed by atoms with Gasteiger partial charge >= 0.3 is 0 Å². The van der Waals surface area contributed by atoms with E-state index in [0.717, 1.165) is 5.39 Å². The van der Waals surface area contributed by atoms with Gasteiger partial charge in [-0.25, -0.2) is 0 Å². The summed E-state index contributed by atoms with van der Waals surface area (Å²) in [5.41, 5.74) is -0.270. The van der Waals surface area contributed by atoms with Crippen LogP contribution in [-0.4, -0.2) is 5.11 Å². The van der Waals surface area contributed by atoms with Gasteiger partial charge in [0.25, 0.3) is 0 Å². The molecule has 0 atom stereocenters. The van der Waals surface area contributed by atoms with Gasteiger partial charge in [0.2, 0.25) is 11.2 Å². The molecule has 1 aliphatic heterocycles. The Hall–Kier alpha value is -2.03. The molecule has 0 saturated carbocycles. The van der Waals surface area contributed by atoms with E-state index < -0.39 is 0 Å². The van der Waals surface area contributed by atoms with Crippen LogP contribution in [-0.2, 0) is 0 Å². The fourth-order valence-electron chi connectivity index (χ4n) is 1.59. The van der Waals surface area contributed by atoms with Gasteiger partial charge in [0, 0.05) is 16.8 Å². The molecule has 2 aromatic carbocycles. The largest absolute Gasteiger partial charge is 0.507 e. The van der Waals surface area contributed by atoms with Crippen LogP contribution >= 0.6 is 0 Å². The van der Waals surface area contributed by atoms with Gasteiger partial charge in [-0.05, 0) is 0 Å². The first kappa shape index (κ1) is 7.38. The van der Waals surface area contributed by atoms with E-state index in [1.54, 1.807) is 12.1 Å². The third kappa shape index (κ3) is 0.836. The molecule has 0 fully saturated rings. The van der Waals surface area contributed by atoms with Crippen molar-refractivity contribution in [2.24, 2.45) is 0 Å². The topological polar surface area (TPSA) is 49.8 Å². The van der Waals surface area contributed by atoms with Gasteiger partial charge in [0.15, 0.2) is 5.75 Å². The van der Waals surface area contributed by atoms with Crippen LogP contribution in [0.25, 0.3) is 10.8 Å². The van der Waals surface area contributed by atoms with E-state index in [9.17, 15) is 9.90 Å². The summed E-state index contributed by atoms with van der Waals surface area (Å²) in [5, 5.41) is 11.0. The zero-order chi connectivity index (χ0) is 9.71. The molecule has 0 radical (unpaired) electrons. The Morgan fingerprint density at radius 2 is 1.79 bits per heavy atom. The summed E-state index contributed by atoms with van der Waals surface area (Å²) in [4.78, 5) is 11.3. The van der Waals surface area contributed by atoms with E-state index in [0.29, 0.717) is 16.9 Å². The SMILES string of the molecule is O=c1cc(O)c2ccccc2c2c1O2. The quantitative estimate of drug-likeness (QED) is 0.546. The second-order valence-corrected chi connectivity index (χ2v) is 3.20. The first-order chi connectivity index (χ1) is 6.77. The van der Waals surface area contributed by atoms with Gasteiger partial charge in [-0.1, -0.05) is 24.3 Å². The van der Waals surface area contributed by atoms with E-state index in [2.05, 4.69) is 0 Å². The maximum atomic E-state index is 11.3. The van der Waals surface area contributed by atoms with E-state index >= 15 is 0 Å². The highest BCUT2D eigenvalue weighted by Gasteiger charge is 2.26. The van der Waals surface area contributed by atoms with Crippen LogP contribution in [0.15, 0.2) is 35.1 Å². The fourth-order valence-corrected chi connectivity index (χ4v) is 1.59. The predicted octanol–water partition coefficient (Wildman–Crippen LogP) is 2.01. The van der Waals surface area contributed by atoms with Gasteiger partial charge in [-0.3, -0.25) is 4.79 Å². The minimum absolute atomic E-state index is 0.00130. The molecule has 2 aromatic rings. The number of hydrogen-bond acceptors (Lipinski definition) is 3. The van der Waals surface area contributed by atoms with E-state index in [4.69, 9.17) is 4.74 Å². The molecule has 1 N–H and O–H groups in total. The molecule has 0 aliphatic carbocycles. The molecule has 0 aromatic heterocycles. The third-order valence-corrected chi connectivity index (χ3v) is 2.31. The van der Waals surface area contributed by atoms with Crippen molar-refractivity contribution < 1.29 is 9.84 Å². The van der Waals surface area contributed by atoms with Crippen molar-refractivity contribution in [2.45, 2.75) is 0 Å². The lowest BCUT2D eigenvalue weighted by molar-refractivity contribution is 0.481. The highest BCUT2D eigenvalue weighted by Crippen LogP contribution is 2.47. The van der Waals surface area contributed by atoms with E-state index in [1.807, 2.05) is 12.1 Å². The normalized spacial score (nSPS) is 12.0. The number of ether oxygens (including phenoxy) is 1. The lowest BCUT2D eigenvalue weighted by atomic mass is 10.2. The Morgan fingerprint density at radius 3 is 2.57 bits per heavy atom. The van der Waals surface area contributed by atoms with E-state index in [1.165, 1.54) is 6.07 Å². The minimum Gasteiger partial charge on any atom is -0.507 e. The van der Waals surface area contributed by atoms with Crippen LogP contribution in [0.2, 0.25) is 0 Å². The predicted molar refractivity (Wildman–Crippen MR) is 52.0 cm³/mol. The van der Waals surface area contributed by atoms with Crippen molar-refractivity contribution in [3.8, 4) is 17.2 Å². The molecule has 0 unspecified atom stereocenters. The summed E-state index contributed by atoms with van der Waals surface area (Å²) < 4.78 is 5.07. The summed E-state index contributed by atoms with van der Waals surface area (Å²) in [6, 6.07) is 8.41. The Balaban J connectivity index is 2.64. The maximum Gasteiger partial charge on any atom is 0.228 e. The van der Waals surface area contributed by atoms with Crippen molar-refractivity contribution >= 4 is 10.8 Å². The molecule has 1 aliphatic rings. The molecule has 0 spiro atoms. The molecule has 1 heterocycles. The molecule has 68 valence electrons. The second-order valence-electron chi connectivity index (χ2n) is 3.20. The van der Waals surface area contributed by atoms with Crippen LogP contribution in [0.1, 0.15) is 0 Å². The number of fused-ring (bicyclic) bond motifs is 3. The lowest BCUT2D eigenvalue weighted by Crippen LogP contribution is -1.88.